The Morgan fingerprint density at radius 2 is 1.84 bits per heavy atom. The van der Waals surface area contributed by atoms with E-state index in [0.717, 1.165) is 28.7 Å². The summed E-state index contributed by atoms with van der Waals surface area (Å²) in [5.41, 5.74) is 8.42. The smallest absolute Gasteiger partial charge is 0.180 e. The fourth-order valence-corrected chi connectivity index (χ4v) is 2.00. The molecule has 2 N–H and O–H groups in total. The van der Waals surface area contributed by atoms with Crippen molar-refractivity contribution in [3.8, 4) is 11.5 Å². The van der Waals surface area contributed by atoms with E-state index in [1.54, 1.807) is 6.07 Å². The summed E-state index contributed by atoms with van der Waals surface area (Å²) < 4.78 is 0. The van der Waals surface area contributed by atoms with E-state index < -0.39 is 0 Å². The Kier molecular flexibility index (Phi) is 2.83. The van der Waals surface area contributed by atoms with Gasteiger partial charge in [0, 0.05) is 17.1 Å². The largest absolute Gasteiger partial charge is 0.384 e. The van der Waals surface area contributed by atoms with Crippen LogP contribution in [0.1, 0.15) is 12.6 Å². The molecule has 0 aliphatic heterocycles. The lowest BCUT2D eigenvalue weighted by Gasteiger charge is -2.05. The highest BCUT2D eigenvalue weighted by molar-refractivity contribution is 5.80. The van der Waals surface area contributed by atoms with Crippen molar-refractivity contribution in [2.24, 2.45) is 0 Å². The predicted octanol–water partition coefficient (Wildman–Crippen LogP) is 2.84. The zero-order valence-electron chi connectivity index (χ0n) is 10.7. The van der Waals surface area contributed by atoms with Crippen molar-refractivity contribution < 1.29 is 0 Å². The van der Waals surface area contributed by atoms with Crippen LogP contribution in [0.2, 0.25) is 0 Å². The summed E-state index contributed by atoms with van der Waals surface area (Å²) in [4.78, 5) is 13.3. The number of anilines is 1. The first-order valence-electron chi connectivity index (χ1n) is 6.26. The summed E-state index contributed by atoms with van der Waals surface area (Å²) in [6.45, 7) is 2.04. The Hall–Kier alpha value is -2.49. The zero-order chi connectivity index (χ0) is 13.2. The van der Waals surface area contributed by atoms with Gasteiger partial charge in [0.2, 0.25) is 0 Å². The quantitative estimate of drug-likeness (QED) is 0.759. The van der Waals surface area contributed by atoms with Crippen LogP contribution in [-0.2, 0) is 6.42 Å². The van der Waals surface area contributed by atoms with E-state index in [-0.39, 0.29) is 0 Å². The van der Waals surface area contributed by atoms with Gasteiger partial charge in [-0.1, -0.05) is 31.2 Å². The first-order valence-corrected chi connectivity index (χ1v) is 6.26. The number of para-hydroxylation sites is 1. The Morgan fingerprint density at radius 3 is 2.68 bits per heavy atom. The van der Waals surface area contributed by atoms with E-state index in [1.165, 1.54) is 0 Å². The van der Waals surface area contributed by atoms with Gasteiger partial charge in [-0.15, -0.1) is 0 Å². The summed E-state index contributed by atoms with van der Waals surface area (Å²) in [6, 6.07) is 13.7. The number of pyridine rings is 1. The van der Waals surface area contributed by atoms with Crippen LogP contribution in [0.5, 0.6) is 0 Å². The minimum Gasteiger partial charge on any atom is -0.384 e. The molecule has 0 spiro atoms. The average molecular weight is 250 g/mol. The summed E-state index contributed by atoms with van der Waals surface area (Å²) >= 11 is 0. The maximum atomic E-state index is 5.81. The molecule has 0 amide bonds. The van der Waals surface area contributed by atoms with Crippen molar-refractivity contribution in [1.29, 1.82) is 0 Å². The molecule has 0 saturated heterocycles. The number of hydrogen-bond donors (Lipinski definition) is 1. The molecule has 0 unspecified atom stereocenters. The summed E-state index contributed by atoms with van der Waals surface area (Å²) in [5, 5.41) is 1.10. The van der Waals surface area contributed by atoms with Gasteiger partial charge >= 0.3 is 0 Å². The molecule has 94 valence electrons. The molecule has 0 radical (unpaired) electrons. The summed E-state index contributed by atoms with van der Waals surface area (Å²) in [5.74, 6) is 1.07. The Labute approximate surface area is 111 Å². The van der Waals surface area contributed by atoms with Crippen LogP contribution < -0.4 is 5.73 Å². The van der Waals surface area contributed by atoms with Crippen molar-refractivity contribution in [2.75, 3.05) is 5.73 Å². The topological polar surface area (TPSA) is 64.7 Å². The number of aryl methyl sites for hydroxylation is 1. The first kappa shape index (κ1) is 11.6. The number of rotatable bonds is 2. The van der Waals surface area contributed by atoms with E-state index in [9.17, 15) is 0 Å². The molecule has 2 heterocycles. The second kappa shape index (κ2) is 4.65. The summed E-state index contributed by atoms with van der Waals surface area (Å²) in [6.07, 6.45) is 0.827. The third kappa shape index (κ3) is 2.25. The van der Waals surface area contributed by atoms with Gasteiger partial charge in [-0.2, -0.15) is 0 Å². The second-order valence-electron chi connectivity index (χ2n) is 4.35. The number of fused-ring (bicyclic) bond motifs is 1. The maximum absolute atomic E-state index is 5.81. The average Bonchev–Trinajstić information content (AvgIpc) is 2.46. The summed E-state index contributed by atoms with van der Waals surface area (Å²) in [7, 11) is 0. The highest BCUT2D eigenvalue weighted by Gasteiger charge is 2.06. The molecular weight excluding hydrogens is 236 g/mol. The minimum absolute atomic E-state index is 0.483. The third-order valence-corrected chi connectivity index (χ3v) is 2.99. The molecule has 19 heavy (non-hydrogen) atoms. The van der Waals surface area contributed by atoms with Crippen molar-refractivity contribution in [2.45, 2.75) is 13.3 Å². The lowest BCUT2D eigenvalue weighted by atomic mass is 10.2. The number of nitrogens with two attached hydrogens (primary N) is 1. The number of benzene rings is 1. The maximum Gasteiger partial charge on any atom is 0.180 e. The van der Waals surface area contributed by atoms with Gasteiger partial charge < -0.3 is 5.73 Å². The van der Waals surface area contributed by atoms with Gasteiger partial charge in [0.25, 0.3) is 0 Å². The van der Waals surface area contributed by atoms with Crippen LogP contribution in [0.4, 0.5) is 5.82 Å². The minimum atomic E-state index is 0.483. The van der Waals surface area contributed by atoms with Crippen LogP contribution >= 0.6 is 0 Å². The molecule has 4 nitrogen and oxygen atoms in total. The van der Waals surface area contributed by atoms with Crippen LogP contribution in [0.3, 0.4) is 0 Å². The highest BCUT2D eigenvalue weighted by atomic mass is 15.0. The second-order valence-corrected chi connectivity index (χ2v) is 4.35. The van der Waals surface area contributed by atoms with Crippen LogP contribution in [0.15, 0.2) is 42.5 Å². The molecule has 0 saturated carbocycles. The molecule has 0 aliphatic carbocycles. The van der Waals surface area contributed by atoms with Crippen LogP contribution in [0, 0.1) is 0 Å². The standard InChI is InChI=1S/C15H14N4/c1-2-11-9-14(16)19-15(17-11)13-8-7-10-5-3-4-6-12(10)18-13/h3-9H,2H2,1H3,(H2,16,17,19). The number of hydrogen-bond acceptors (Lipinski definition) is 4. The molecule has 0 atom stereocenters. The molecule has 3 aromatic rings. The van der Waals surface area contributed by atoms with E-state index in [0.29, 0.717) is 11.6 Å². The van der Waals surface area contributed by atoms with E-state index in [1.807, 2.05) is 43.3 Å². The first-order chi connectivity index (χ1) is 9.26. The van der Waals surface area contributed by atoms with Crippen LogP contribution in [0.25, 0.3) is 22.4 Å². The third-order valence-electron chi connectivity index (χ3n) is 2.99. The number of nitrogen functional groups attached to an aromatic ring is 1. The lowest BCUT2D eigenvalue weighted by molar-refractivity contribution is 1.00. The van der Waals surface area contributed by atoms with Gasteiger partial charge in [0.15, 0.2) is 5.82 Å². The highest BCUT2D eigenvalue weighted by Crippen LogP contribution is 2.19. The molecule has 0 aliphatic rings. The van der Waals surface area contributed by atoms with E-state index in [4.69, 9.17) is 5.73 Å². The van der Waals surface area contributed by atoms with E-state index >= 15 is 0 Å². The molecule has 4 heteroatoms. The molecule has 0 bridgehead atoms. The van der Waals surface area contributed by atoms with Gasteiger partial charge in [0.1, 0.15) is 11.5 Å². The Balaban J connectivity index is 2.15. The van der Waals surface area contributed by atoms with Gasteiger partial charge in [0.05, 0.1) is 5.52 Å². The van der Waals surface area contributed by atoms with Crippen molar-refractivity contribution in [3.05, 3.63) is 48.2 Å². The zero-order valence-corrected chi connectivity index (χ0v) is 10.7. The van der Waals surface area contributed by atoms with Gasteiger partial charge in [-0.3, -0.25) is 0 Å². The monoisotopic (exact) mass is 250 g/mol. The normalized spacial score (nSPS) is 10.8. The number of nitrogens with zero attached hydrogens (tertiary/aromatic N) is 3. The molecule has 2 aromatic heterocycles. The predicted molar refractivity (Wildman–Crippen MR) is 76.6 cm³/mol. The van der Waals surface area contributed by atoms with Crippen LogP contribution in [-0.4, -0.2) is 15.0 Å². The Bertz CT molecular complexity index is 737. The Morgan fingerprint density at radius 1 is 1.00 bits per heavy atom. The van der Waals surface area contributed by atoms with E-state index in [2.05, 4.69) is 15.0 Å². The molecule has 3 rings (SSSR count). The van der Waals surface area contributed by atoms with Crippen molar-refractivity contribution >= 4 is 16.7 Å². The van der Waals surface area contributed by atoms with Crippen molar-refractivity contribution in [1.82, 2.24) is 15.0 Å². The molecule has 1 aromatic carbocycles. The van der Waals surface area contributed by atoms with Gasteiger partial charge in [-0.25, -0.2) is 15.0 Å². The fraction of sp³-hybridized carbons (Fsp3) is 0.133. The lowest BCUT2D eigenvalue weighted by Crippen LogP contribution is -2.00. The fourth-order valence-electron chi connectivity index (χ4n) is 2.00. The van der Waals surface area contributed by atoms with Crippen molar-refractivity contribution in [3.63, 3.8) is 0 Å². The number of aromatic nitrogens is 3. The molecular formula is C15H14N4. The molecule has 0 fully saturated rings. The van der Waals surface area contributed by atoms with Gasteiger partial charge in [-0.05, 0) is 18.6 Å². The SMILES string of the molecule is CCc1cc(N)nc(-c2ccc3ccccc3n2)n1.